The Kier molecular flexibility index (Phi) is 5.15. The van der Waals surface area contributed by atoms with Crippen LogP contribution in [0, 0.1) is 6.92 Å². The van der Waals surface area contributed by atoms with Crippen molar-refractivity contribution < 1.29 is 9.32 Å². The second kappa shape index (κ2) is 8.05. The van der Waals surface area contributed by atoms with E-state index in [4.69, 9.17) is 4.52 Å². The standard InChI is InChI=1S/C21H19N5O3/c1-14-5-7-15(8-6-14)18-19-20(29-25-18)21(28)26(13-24-19)11-9-17(27)23-12-16-4-2-3-10-22-16/h2-8,10,13H,9,11-12H2,1H3,(H,23,27). The van der Waals surface area contributed by atoms with Crippen molar-refractivity contribution in [1.82, 2.24) is 25.0 Å². The molecule has 0 aliphatic rings. The first-order chi connectivity index (χ1) is 14.1. The van der Waals surface area contributed by atoms with Gasteiger partial charge in [0.05, 0.1) is 18.6 Å². The van der Waals surface area contributed by atoms with Gasteiger partial charge in [-0.3, -0.25) is 19.1 Å². The third-order valence-electron chi connectivity index (χ3n) is 4.55. The predicted molar refractivity (Wildman–Crippen MR) is 107 cm³/mol. The topological polar surface area (TPSA) is 103 Å². The van der Waals surface area contributed by atoms with E-state index in [2.05, 4.69) is 20.4 Å². The number of amides is 1. The van der Waals surface area contributed by atoms with Crippen molar-refractivity contribution in [2.75, 3.05) is 0 Å². The Balaban J connectivity index is 1.46. The van der Waals surface area contributed by atoms with E-state index in [0.717, 1.165) is 16.8 Å². The smallest absolute Gasteiger partial charge is 0.299 e. The maximum absolute atomic E-state index is 12.7. The third-order valence-corrected chi connectivity index (χ3v) is 4.55. The monoisotopic (exact) mass is 389 g/mol. The highest BCUT2D eigenvalue weighted by Gasteiger charge is 2.16. The molecule has 0 aliphatic heterocycles. The van der Waals surface area contributed by atoms with Crippen molar-refractivity contribution >= 4 is 17.0 Å². The number of nitrogens with zero attached hydrogens (tertiary/aromatic N) is 4. The van der Waals surface area contributed by atoms with E-state index >= 15 is 0 Å². The molecule has 29 heavy (non-hydrogen) atoms. The molecule has 0 bridgehead atoms. The van der Waals surface area contributed by atoms with Crippen LogP contribution in [0.25, 0.3) is 22.4 Å². The summed E-state index contributed by atoms with van der Waals surface area (Å²) in [5.74, 6) is -0.180. The van der Waals surface area contributed by atoms with Gasteiger partial charge in [0.15, 0.2) is 0 Å². The number of hydrogen-bond acceptors (Lipinski definition) is 6. The minimum absolute atomic E-state index is 0.0805. The molecular weight excluding hydrogens is 370 g/mol. The number of aryl methyl sites for hydroxylation is 2. The molecule has 1 aromatic carbocycles. The Morgan fingerprint density at radius 2 is 1.97 bits per heavy atom. The van der Waals surface area contributed by atoms with Crippen molar-refractivity contribution in [3.63, 3.8) is 0 Å². The number of carbonyl (C=O) groups excluding carboxylic acids is 1. The maximum atomic E-state index is 12.7. The first-order valence-corrected chi connectivity index (χ1v) is 9.20. The second-order valence-corrected chi connectivity index (χ2v) is 6.67. The van der Waals surface area contributed by atoms with Crippen LogP contribution in [0.4, 0.5) is 0 Å². The molecule has 0 radical (unpaired) electrons. The largest absolute Gasteiger partial charge is 0.350 e. The van der Waals surface area contributed by atoms with Crippen LogP contribution in [0.15, 0.2) is 64.3 Å². The zero-order valence-electron chi connectivity index (χ0n) is 15.8. The van der Waals surface area contributed by atoms with Crippen LogP contribution >= 0.6 is 0 Å². The van der Waals surface area contributed by atoms with Gasteiger partial charge in [-0.15, -0.1) is 0 Å². The maximum Gasteiger partial charge on any atom is 0.299 e. The summed E-state index contributed by atoms with van der Waals surface area (Å²) < 4.78 is 6.62. The van der Waals surface area contributed by atoms with E-state index in [-0.39, 0.29) is 30.0 Å². The fourth-order valence-electron chi connectivity index (χ4n) is 2.92. The van der Waals surface area contributed by atoms with Gasteiger partial charge in [-0.25, -0.2) is 4.98 Å². The van der Waals surface area contributed by atoms with Crippen molar-refractivity contribution in [1.29, 1.82) is 0 Å². The number of rotatable bonds is 6. The molecule has 0 fully saturated rings. The zero-order valence-corrected chi connectivity index (χ0v) is 15.8. The predicted octanol–water partition coefficient (Wildman–Crippen LogP) is 2.46. The van der Waals surface area contributed by atoms with Gasteiger partial charge in [0, 0.05) is 24.7 Å². The summed E-state index contributed by atoms with van der Waals surface area (Å²) in [6.45, 7) is 2.53. The van der Waals surface area contributed by atoms with Gasteiger partial charge in [-0.2, -0.15) is 0 Å². The van der Waals surface area contributed by atoms with Gasteiger partial charge < -0.3 is 9.84 Å². The Labute approximate surface area is 166 Å². The quantitative estimate of drug-likeness (QED) is 0.543. The second-order valence-electron chi connectivity index (χ2n) is 6.67. The molecule has 3 aromatic heterocycles. The summed E-state index contributed by atoms with van der Waals surface area (Å²) in [5, 5.41) is 6.80. The molecule has 146 valence electrons. The van der Waals surface area contributed by atoms with Crippen molar-refractivity contribution in [3.05, 3.63) is 76.6 Å². The normalized spacial score (nSPS) is 10.9. The first-order valence-electron chi connectivity index (χ1n) is 9.20. The highest BCUT2D eigenvalue weighted by Crippen LogP contribution is 2.24. The SMILES string of the molecule is Cc1ccc(-c2noc3c(=O)n(CCC(=O)NCc4ccccn4)cnc23)cc1. The number of aromatic nitrogens is 4. The Morgan fingerprint density at radius 1 is 1.14 bits per heavy atom. The van der Waals surface area contributed by atoms with Crippen LogP contribution in [-0.4, -0.2) is 25.6 Å². The number of carbonyl (C=O) groups is 1. The highest BCUT2D eigenvalue weighted by molar-refractivity contribution is 5.87. The van der Waals surface area contributed by atoms with E-state index in [0.29, 0.717) is 17.8 Å². The Bertz CT molecular complexity index is 1200. The molecule has 0 spiro atoms. The summed E-state index contributed by atoms with van der Waals surface area (Å²) in [7, 11) is 0. The van der Waals surface area contributed by atoms with Gasteiger partial charge in [-0.1, -0.05) is 41.1 Å². The van der Waals surface area contributed by atoms with E-state index in [1.165, 1.54) is 10.9 Å². The van der Waals surface area contributed by atoms with Gasteiger partial charge in [0.25, 0.3) is 11.1 Å². The summed E-state index contributed by atoms with van der Waals surface area (Å²) in [4.78, 5) is 33.2. The summed E-state index contributed by atoms with van der Waals surface area (Å²) in [6, 6.07) is 13.2. The summed E-state index contributed by atoms with van der Waals surface area (Å²) >= 11 is 0. The minimum Gasteiger partial charge on any atom is -0.350 e. The van der Waals surface area contributed by atoms with Crippen LogP contribution in [-0.2, 0) is 17.9 Å². The van der Waals surface area contributed by atoms with Gasteiger partial charge in [-0.05, 0) is 19.1 Å². The van der Waals surface area contributed by atoms with Crippen LogP contribution in [0.2, 0.25) is 0 Å². The van der Waals surface area contributed by atoms with E-state index < -0.39 is 0 Å². The molecule has 0 aliphatic carbocycles. The molecule has 3 heterocycles. The molecule has 0 atom stereocenters. The number of fused-ring (bicyclic) bond motifs is 1. The number of nitrogens with one attached hydrogen (secondary N) is 1. The zero-order chi connectivity index (χ0) is 20.2. The summed E-state index contributed by atoms with van der Waals surface area (Å²) in [6.07, 6.45) is 3.23. The first kappa shape index (κ1) is 18.5. The molecule has 1 amide bonds. The van der Waals surface area contributed by atoms with Gasteiger partial charge in [0.1, 0.15) is 11.2 Å². The van der Waals surface area contributed by atoms with Gasteiger partial charge in [0.2, 0.25) is 5.91 Å². The lowest BCUT2D eigenvalue weighted by Crippen LogP contribution is -2.27. The van der Waals surface area contributed by atoms with E-state index in [1.54, 1.807) is 6.20 Å². The Morgan fingerprint density at radius 3 is 2.72 bits per heavy atom. The molecule has 4 rings (SSSR count). The summed E-state index contributed by atoms with van der Waals surface area (Å²) in [5.41, 5.74) is 3.37. The lowest BCUT2D eigenvalue weighted by molar-refractivity contribution is -0.121. The van der Waals surface area contributed by atoms with Gasteiger partial charge >= 0.3 is 0 Å². The number of hydrogen-bond donors (Lipinski definition) is 1. The molecule has 8 heteroatoms. The number of pyridine rings is 1. The molecule has 0 saturated heterocycles. The molecule has 4 aromatic rings. The molecule has 0 unspecified atom stereocenters. The average molecular weight is 389 g/mol. The lowest BCUT2D eigenvalue weighted by atomic mass is 10.1. The van der Waals surface area contributed by atoms with Crippen molar-refractivity contribution in [2.45, 2.75) is 26.4 Å². The van der Waals surface area contributed by atoms with Crippen LogP contribution < -0.4 is 10.9 Å². The fourth-order valence-corrected chi connectivity index (χ4v) is 2.92. The van der Waals surface area contributed by atoms with Crippen LogP contribution in [0.3, 0.4) is 0 Å². The fraction of sp³-hybridized carbons (Fsp3) is 0.190. The van der Waals surface area contributed by atoms with E-state index in [1.807, 2.05) is 49.4 Å². The minimum atomic E-state index is -0.363. The van der Waals surface area contributed by atoms with Crippen molar-refractivity contribution in [3.8, 4) is 11.3 Å². The molecule has 8 nitrogen and oxygen atoms in total. The van der Waals surface area contributed by atoms with Crippen molar-refractivity contribution in [2.24, 2.45) is 0 Å². The molecule has 0 saturated carbocycles. The van der Waals surface area contributed by atoms with E-state index in [9.17, 15) is 9.59 Å². The average Bonchev–Trinajstić information content (AvgIpc) is 3.18. The number of benzene rings is 1. The van der Waals surface area contributed by atoms with Crippen LogP contribution in [0.5, 0.6) is 0 Å². The third kappa shape index (κ3) is 4.06. The molecular formula is C21H19N5O3. The molecule has 1 N–H and O–H groups in total. The highest BCUT2D eigenvalue weighted by atomic mass is 16.5. The van der Waals surface area contributed by atoms with Crippen LogP contribution in [0.1, 0.15) is 17.7 Å². The Hall–Kier alpha value is -3.81. The lowest BCUT2D eigenvalue weighted by Gasteiger charge is -2.06.